The lowest BCUT2D eigenvalue weighted by atomic mass is 9.93. The Bertz CT molecular complexity index is 555. The maximum Gasteiger partial charge on any atom is 0.245 e. The molecule has 0 aliphatic carbocycles. The van der Waals surface area contributed by atoms with Crippen LogP contribution in [0.5, 0.6) is 0 Å². The Labute approximate surface area is 137 Å². The number of amides is 2. The first-order chi connectivity index (χ1) is 11.1. The van der Waals surface area contributed by atoms with Crippen LogP contribution in [-0.2, 0) is 9.59 Å². The number of nitrogens with one attached hydrogen (secondary N) is 1. The molecule has 2 aliphatic heterocycles. The van der Waals surface area contributed by atoms with Crippen molar-refractivity contribution in [3.8, 4) is 0 Å². The Morgan fingerprint density at radius 2 is 2.17 bits per heavy atom. The Morgan fingerprint density at radius 1 is 1.35 bits per heavy atom. The molecule has 0 radical (unpaired) electrons. The van der Waals surface area contributed by atoms with Crippen LogP contribution in [0.25, 0.3) is 0 Å². The molecule has 126 valence electrons. The molecule has 0 unspecified atom stereocenters. The summed E-state index contributed by atoms with van der Waals surface area (Å²) in [5, 5.41) is 7.05. The van der Waals surface area contributed by atoms with Crippen LogP contribution in [0.1, 0.15) is 51.1 Å². The first kappa shape index (κ1) is 16.0. The number of hydrogen-bond acceptors (Lipinski definition) is 3. The SMILES string of the molecule is CC(C)[C@@H](C(=O)N1CCC[C@@H](c2ccn[nH]2)C1)N1CCCC1=O. The minimum Gasteiger partial charge on any atom is -0.340 e. The third kappa shape index (κ3) is 3.26. The van der Waals surface area contributed by atoms with Crippen molar-refractivity contribution >= 4 is 11.8 Å². The van der Waals surface area contributed by atoms with Crippen LogP contribution < -0.4 is 0 Å². The average molecular weight is 318 g/mol. The lowest BCUT2D eigenvalue weighted by Crippen LogP contribution is -2.53. The molecule has 1 aromatic rings. The number of piperidine rings is 1. The van der Waals surface area contributed by atoms with Crippen molar-refractivity contribution in [1.29, 1.82) is 0 Å². The first-order valence-electron chi connectivity index (χ1n) is 8.65. The summed E-state index contributed by atoms with van der Waals surface area (Å²) in [6.45, 7) is 6.28. The van der Waals surface area contributed by atoms with Gasteiger partial charge in [-0.05, 0) is 31.2 Å². The average Bonchev–Trinajstić information content (AvgIpc) is 3.20. The Kier molecular flexibility index (Phi) is 4.68. The van der Waals surface area contributed by atoms with Crippen molar-refractivity contribution < 1.29 is 9.59 Å². The first-order valence-corrected chi connectivity index (χ1v) is 8.65. The predicted molar refractivity (Wildman–Crippen MR) is 86.7 cm³/mol. The zero-order valence-electron chi connectivity index (χ0n) is 14.0. The largest absolute Gasteiger partial charge is 0.340 e. The highest BCUT2D eigenvalue weighted by molar-refractivity contribution is 5.89. The fourth-order valence-electron chi connectivity index (χ4n) is 3.85. The van der Waals surface area contributed by atoms with Gasteiger partial charge >= 0.3 is 0 Å². The quantitative estimate of drug-likeness (QED) is 0.920. The molecule has 6 heteroatoms. The van der Waals surface area contributed by atoms with Gasteiger partial charge in [0.05, 0.1) is 0 Å². The van der Waals surface area contributed by atoms with E-state index in [1.807, 2.05) is 24.8 Å². The summed E-state index contributed by atoms with van der Waals surface area (Å²) in [6.07, 6.45) is 5.27. The summed E-state index contributed by atoms with van der Waals surface area (Å²) in [7, 11) is 0. The Balaban J connectivity index is 1.73. The topological polar surface area (TPSA) is 69.3 Å². The van der Waals surface area contributed by atoms with E-state index in [4.69, 9.17) is 0 Å². The zero-order valence-corrected chi connectivity index (χ0v) is 14.0. The van der Waals surface area contributed by atoms with Crippen LogP contribution >= 0.6 is 0 Å². The second-order valence-corrected chi connectivity index (χ2v) is 7.01. The van der Waals surface area contributed by atoms with E-state index in [0.29, 0.717) is 25.4 Å². The molecule has 23 heavy (non-hydrogen) atoms. The Morgan fingerprint density at radius 3 is 2.78 bits per heavy atom. The molecular weight excluding hydrogens is 292 g/mol. The van der Waals surface area contributed by atoms with Crippen molar-refractivity contribution in [3.05, 3.63) is 18.0 Å². The Hall–Kier alpha value is -1.85. The molecule has 0 aromatic carbocycles. The normalized spacial score (nSPS) is 23.6. The number of likely N-dealkylation sites (tertiary alicyclic amines) is 2. The fourth-order valence-corrected chi connectivity index (χ4v) is 3.85. The number of carbonyl (C=O) groups is 2. The van der Waals surface area contributed by atoms with Gasteiger partial charge < -0.3 is 9.80 Å². The second kappa shape index (κ2) is 6.72. The molecule has 1 N–H and O–H groups in total. The molecule has 6 nitrogen and oxygen atoms in total. The molecule has 0 bridgehead atoms. The number of nitrogens with zero attached hydrogens (tertiary/aromatic N) is 3. The zero-order chi connectivity index (χ0) is 16.4. The van der Waals surface area contributed by atoms with Crippen molar-refractivity contribution in [3.63, 3.8) is 0 Å². The maximum absolute atomic E-state index is 13.1. The van der Waals surface area contributed by atoms with Gasteiger partial charge in [-0.1, -0.05) is 13.8 Å². The van der Waals surface area contributed by atoms with Gasteiger partial charge in [-0.2, -0.15) is 5.10 Å². The van der Waals surface area contributed by atoms with Crippen LogP contribution in [-0.4, -0.2) is 57.5 Å². The van der Waals surface area contributed by atoms with Crippen LogP contribution in [0.4, 0.5) is 0 Å². The van der Waals surface area contributed by atoms with E-state index in [0.717, 1.165) is 31.5 Å². The van der Waals surface area contributed by atoms with E-state index in [2.05, 4.69) is 10.2 Å². The van der Waals surface area contributed by atoms with Gasteiger partial charge in [-0.25, -0.2) is 0 Å². The lowest BCUT2D eigenvalue weighted by molar-refractivity contribution is -0.146. The lowest BCUT2D eigenvalue weighted by Gasteiger charge is -2.38. The smallest absolute Gasteiger partial charge is 0.245 e. The molecule has 0 spiro atoms. The van der Waals surface area contributed by atoms with E-state index in [9.17, 15) is 9.59 Å². The second-order valence-electron chi connectivity index (χ2n) is 7.01. The van der Waals surface area contributed by atoms with Gasteiger partial charge in [0.1, 0.15) is 6.04 Å². The van der Waals surface area contributed by atoms with Crippen LogP contribution in [0.3, 0.4) is 0 Å². The molecule has 2 aliphatic rings. The number of aromatic amines is 1. The van der Waals surface area contributed by atoms with Gasteiger partial charge in [0.2, 0.25) is 11.8 Å². The van der Waals surface area contributed by atoms with Crippen molar-refractivity contribution in [1.82, 2.24) is 20.0 Å². The van der Waals surface area contributed by atoms with E-state index in [1.54, 1.807) is 11.1 Å². The monoisotopic (exact) mass is 318 g/mol. The number of rotatable bonds is 4. The summed E-state index contributed by atoms with van der Waals surface area (Å²) in [5.41, 5.74) is 1.10. The third-order valence-electron chi connectivity index (χ3n) is 5.03. The number of carbonyl (C=O) groups excluding carboxylic acids is 2. The standard InChI is InChI=1S/C17H26N4O2/c1-12(2)16(21-10-4-6-15(21)22)17(23)20-9-3-5-13(11-20)14-7-8-18-19-14/h7-8,12-13,16H,3-6,9-11H2,1-2H3,(H,18,19)/t13-,16+/m1/s1. The summed E-state index contributed by atoms with van der Waals surface area (Å²) < 4.78 is 0. The van der Waals surface area contributed by atoms with Gasteiger partial charge in [0.15, 0.2) is 0 Å². The van der Waals surface area contributed by atoms with E-state index in [-0.39, 0.29) is 23.8 Å². The molecule has 3 heterocycles. The molecule has 0 saturated carbocycles. The van der Waals surface area contributed by atoms with Gasteiger partial charge in [0, 0.05) is 43.9 Å². The molecule has 3 rings (SSSR count). The van der Waals surface area contributed by atoms with Crippen LogP contribution in [0, 0.1) is 5.92 Å². The number of H-pyrrole nitrogens is 1. The molecule has 2 fully saturated rings. The van der Waals surface area contributed by atoms with Gasteiger partial charge in [-0.15, -0.1) is 0 Å². The number of aromatic nitrogens is 2. The minimum atomic E-state index is -0.314. The van der Waals surface area contributed by atoms with E-state index < -0.39 is 0 Å². The summed E-state index contributed by atoms with van der Waals surface area (Å²) >= 11 is 0. The summed E-state index contributed by atoms with van der Waals surface area (Å²) in [6, 6.07) is 1.67. The highest BCUT2D eigenvalue weighted by Crippen LogP contribution is 2.28. The van der Waals surface area contributed by atoms with Crippen molar-refractivity contribution in [2.45, 2.75) is 51.5 Å². The van der Waals surface area contributed by atoms with Crippen LogP contribution in [0.15, 0.2) is 12.3 Å². The predicted octanol–water partition coefficient (Wildman–Crippen LogP) is 1.76. The highest BCUT2D eigenvalue weighted by Gasteiger charge is 2.38. The number of hydrogen-bond donors (Lipinski definition) is 1. The third-order valence-corrected chi connectivity index (χ3v) is 5.03. The molecular formula is C17H26N4O2. The molecule has 2 saturated heterocycles. The maximum atomic E-state index is 13.1. The van der Waals surface area contributed by atoms with Gasteiger partial charge in [0.25, 0.3) is 0 Å². The minimum absolute atomic E-state index is 0.111. The van der Waals surface area contributed by atoms with E-state index in [1.165, 1.54) is 0 Å². The van der Waals surface area contributed by atoms with Crippen molar-refractivity contribution in [2.24, 2.45) is 5.92 Å². The van der Waals surface area contributed by atoms with Crippen LogP contribution in [0.2, 0.25) is 0 Å². The molecule has 2 amide bonds. The highest BCUT2D eigenvalue weighted by atomic mass is 16.2. The summed E-state index contributed by atoms with van der Waals surface area (Å²) in [5.74, 6) is 0.688. The molecule has 1 aromatic heterocycles. The van der Waals surface area contributed by atoms with Gasteiger partial charge in [-0.3, -0.25) is 14.7 Å². The fraction of sp³-hybridized carbons (Fsp3) is 0.706. The van der Waals surface area contributed by atoms with Crippen molar-refractivity contribution in [2.75, 3.05) is 19.6 Å². The molecule has 2 atom stereocenters. The van der Waals surface area contributed by atoms with E-state index >= 15 is 0 Å². The summed E-state index contributed by atoms with van der Waals surface area (Å²) in [4.78, 5) is 28.9.